The van der Waals surface area contributed by atoms with Gasteiger partial charge in [-0.25, -0.2) is 4.79 Å². The minimum atomic E-state index is -0.859. The fourth-order valence-corrected chi connectivity index (χ4v) is 1.19. The van der Waals surface area contributed by atoms with Gasteiger partial charge in [-0.1, -0.05) is 25.5 Å². The van der Waals surface area contributed by atoms with E-state index in [1.807, 2.05) is 12.1 Å². The van der Waals surface area contributed by atoms with Gasteiger partial charge in [0.15, 0.2) is 0 Å². The molecule has 0 heterocycles. The number of carbonyl (C=O) groups is 1. The summed E-state index contributed by atoms with van der Waals surface area (Å²) in [4.78, 5) is 10.5. The summed E-state index contributed by atoms with van der Waals surface area (Å²) in [5, 5.41) is 8.65. The van der Waals surface area contributed by atoms with Gasteiger partial charge in [-0.15, -0.1) is 0 Å². The summed E-state index contributed by atoms with van der Waals surface area (Å²) >= 11 is 0. The van der Waals surface area contributed by atoms with Crippen LogP contribution < -0.4 is 0 Å². The van der Waals surface area contributed by atoms with Gasteiger partial charge in [0.1, 0.15) is 0 Å². The molecule has 0 unspecified atom stereocenters. The zero-order chi connectivity index (χ0) is 9.68. The second-order valence-electron chi connectivity index (χ2n) is 3.11. The molecule has 0 aromatic heterocycles. The zero-order valence-corrected chi connectivity index (χ0v) is 9.03. The maximum atomic E-state index is 10.5. The number of aromatic carboxylic acids is 1. The van der Waals surface area contributed by atoms with Crippen LogP contribution in [0.5, 0.6) is 0 Å². The molecule has 1 rings (SSSR count). The van der Waals surface area contributed by atoms with E-state index in [1.54, 1.807) is 12.1 Å². The maximum Gasteiger partial charge on any atom is 0.335 e. The second kappa shape index (κ2) is 6.63. The summed E-state index contributed by atoms with van der Waals surface area (Å²) < 4.78 is 0. The van der Waals surface area contributed by atoms with Crippen LogP contribution in [0, 0.1) is 0 Å². The smallest absolute Gasteiger partial charge is 0.335 e. The van der Waals surface area contributed by atoms with Gasteiger partial charge in [0.2, 0.25) is 0 Å². The fourth-order valence-electron chi connectivity index (χ4n) is 1.19. The van der Waals surface area contributed by atoms with Crippen molar-refractivity contribution in [2.75, 3.05) is 0 Å². The standard InChI is InChI=1S/C11H14O2.Cu/c1-2-3-4-9-5-7-10(8-6-9)11(12)13;/h5-8H,2-4H2,1H3,(H,12,13);. The number of carboxylic acid groups (broad SMARTS) is 1. The third-order valence-corrected chi connectivity index (χ3v) is 2.02. The Kier molecular flexibility index (Phi) is 6.26. The first kappa shape index (κ1) is 13.2. The van der Waals surface area contributed by atoms with E-state index in [-0.39, 0.29) is 17.1 Å². The van der Waals surface area contributed by atoms with Crippen molar-refractivity contribution < 1.29 is 27.0 Å². The van der Waals surface area contributed by atoms with E-state index in [9.17, 15) is 4.79 Å². The van der Waals surface area contributed by atoms with Crippen molar-refractivity contribution in [3.05, 3.63) is 35.4 Å². The number of unbranched alkanes of at least 4 members (excludes halogenated alkanes) is 1. The molecule has 14 heavy (non-hydrogen) atoms. The van der Waals surface area contributed by atoms with Crippen molar-refractivity contribution in [3.8, 4) is 0 Å². The van der Waals surface area contributed by atoms with Crippen molar-refractivity contribution in [2.24, 2.45) is 0 Å². The van der Waals surface area contributed by atoms with E-state index in [0.717, 1.165) is 12.8 Å². The topological polar surface area (TPSA) is 37.3 Å². The molecule has 1 radical (unpaired) electrons. The number of aryl methyl sites for hydroxylation is 1. The van der Waals surface area contributed by atoms with Crippen molar-refractivity contribution >= 4 is 5.97 Å². The fraction of sp³-hybridized carbons (Fsp3) is 0.364. The monoisotopic (exact) mass is 241 g/mol. The predicted molar refractivity (Wildman–Crippen MR) is 52.0 cm³/mol. The van der Waals surface area contributed by atoms with Crippen LogP contribution in [0.3, 0.4) is 0 Å². The molecule has 0 saturated carbocycles. The number of rotatable bonds is 4. The molecule has 0 fully saturated rings. The average molecular weight is 242 g/mol. The molecule has 81 valence electrons. The van der Waals surface area contributed by atoms with Gasteiger partial charge >= 0.3 is 5.97 Å². The largest absolute Gasteiger partial charge is 0.478 e. The summed E-state index contributed by atoms with van der Waals surface area (Å²) in [6.45, 7) is 2.14. The molecule has 3 heteroatoms. The number of hydrogen-bond acceptors (Lipinski definition) is 1. The molecule has 0 bridgehead atoms. The molecule has 0 aliphatic carbocycles. The van der Waals surface area contributed by atoms with Crippen LogP contribution in [0.4, 0.5) is 0 Å². The molecule has 1 N–H and O–H groups in total. The van der Waals surface area contributed by atoms with Gasteiger partial charge in [0.05, 0.1) is 5.56 Å². The summed E-state index contributed by atoms with van der Waals surface area (Å²) in [5.74, 6) is -0.859. The Labute approximate surface area is 94.8 Å². The third-order valence-electron chi connectivity index (χ3n) is 2.02. The minimum Gasteiger partial charge on any atom is -0.478 e. The van der Waals surface area contributed by atoms with Crippen LogP contribution in [-0.4, -0.2) is 11.1 Å². The normalized spacial score (nSPS) is 9.21. The third kappa shape index (κ3) is 3.95. The van der Waals surface area contributed by atoms with Crippen LogP contribution in [-0.2, 0) is 23.5 Å². The molecule has 0 amide bonds. The average Bonchev–Trinajstić information content (AvgIpc) is 2.15. The molecule has 1 aromatic carbocycles. The van der Waals surface area contributed by atoms with E-state index >= 15 is 0 Å². The van der Waals surface area contributed by atoms with Crippen molar-refractivity contribution in [3.63, 3.8) is 0 Å². The first-order valence-corrected chi connectivity index (χ1v) is 4.56. The van der Waals surface area contributed by atoms with Gasteiger partial charge < -0.3 is 5.11 Å². The summed E-state index contributed by atoms with van der Waals surface area (Å²) in [6, 6.07) is 7.10. The second-order valence-corrected chi connectivity index (χ2v) is 3.11. The molecule has 0 atom stereocenters. The molecule has 0 aliphatic heterocycles. The van der Waals surface area contributed by atoms with Crippen LogP contribution >= 0.6 is 0 Å². The SMILES string of the molecule is CCCCc1ccc(C(=O)O)cc1.[Cu]. The van der Waals surface area contributed by atoms with E-state index in [0.29, 0.717) is 5.56 Å². The van der Waals surface area contributed by atoms with E-state index < -0.39 is 5.97 Å². The van der Waals surface area contributed by atoms with Crippen molar-refractivity contribution in [1.29, 1.82) is 0 Å². The van der Waals surface area contributed by atoms with E-state index in [2.05, 4.69) is 6.92 Å². The Morgan fingerprint density at radius 2 is 1.86 bits per heavy atom. The summed E-state index contributed by atoms with van der Waals surface area (Å²) in [6.07, 6.45) is 3.36. The van der Waals surface area contributed by atoms with Gasteiger partial charge in [0.25, 0.3) is 0 Å². The van der Waals surface area contributed by atoms with Gasteiger partial charge in [0, 0.05) is 17.1 Å². The summed E-state index contributed by atoms with van der Waals surface area (Å²) in [5.41, 5.74) is 1.58. The molecule has 0 saturated heterocycles. The van der Waals surface area contributed by atoms with Crippen LogP contribution in [0.25, 0.3) is 0 Å². The zero-order valence-electron chi connectivity index (χ0n) is 8.09. The quantitative estimate of drug-likeness (QED) is 0.824. The molecular formula is C11H14CuO2. The van der Waals surface area contributed by atoms with Gasteiger partial charge in [-0.3, -0.25) is 0 Å². The van der Waals surface area contributed by atoms with Gasteiger partial charge in [-0.05, 0) is 30.5 Å². The predicted octanol–water partition coefficient (Wildman–Crippen LogP) is 2.72. The van der Waals surface area contributed by atoms with E-state index in [4.69, 9.17) is 5.11 Å². The van der Waals surface area contributed by atoms with Crippen LogP contribution in [0.2, 0.25) is 0 Å². The first-order valence-electron chi connectivity index (χ1n) is 4.56. The number of carboxylic acids is 1. The van der Waals surface area contributed by atoms with Crippen molar-refractivity contribution in [2.45, 2.75) is 26.2 Å². The molecule has 0 spiro atoms. The Balaban J connectivity index is 0.00000169. The maximum absolute atomic E-state index is 10.5. The number of benzene rings is 1. The van der Waals surface area contributed by atoms with E-state index in [1.165, 1.54) is 12.0 Å². The van der Waals surface area contributed by atoms with Crippen molar-refractivity contribution in [1.82, 2.24) is 0 Å². The molecule has 1 aromatic rings. The Morgan fingerprint density at radius 3 is 2.29 bits per heavy atom. The Bertz CT molecular complexity index is 280. The van der Waals surface area contributed by atoms with Crippen LogP contribution in [0.15, 0.2) is 24.3 Å². The summed E-state index contributed by atoms with van der Waals surface area (Å²) in [7, 11) is 0. The molecule has 0 aliphatic rings. The minimum absolute atomic E-state index is 0. The van der Waals surface area contributed by atoms with Crippen LogP contribution in [0.1, 0.15) is 35.7 Å². The molecular weight excluding hydrogens is 228 g/mol. The van der Waals surface area contributed by atoms with Gasteiger partial charge in [-0.2, -0.15) is 0 Å². The first-order chi connectivity index (χ1) is 6.24. The Morgan fingerprint density at radius 1 is 1.29 bits per heavy atom. The molecule has 2 nitrogen and oxygen atoms in total. The Hall–Kier alpha value is -0.791. The number of hydrogen-bond donors (Lipinski definition) is 1.